The average molecular weight is 223 g/mol. The third-order valence-electron chi connectivity index (χ3n) is 2.32. The largest absolute Gasteiger partial charge is 0.461 e. The number of ether oxygens (including phenoxy) is 1. The predicted molar refractivity (Wildman–Crippen MR) is 58.0 cm³/mol. The molecular weight excluding hydrogens is 210 g/mol. The van der Waals surface area contributed by atoms with Crippen LogP contribution in [-0.2, 0) is 16.1 Å². The van der Waals surface area contributed by atoms with Crippen molar-refractivity contribution in [2.75, 3.05) is 0 Å². The fraction of sp³-hybridized carbons (Fsp3) is 0.364. The minimum Gasteiger partial charge on any atom is -0.461 e. The molecule has 16 heavy (non-hydrogen) atoms. The molecule has 0 radical (unpaired) electrons. The van der Waals surface area contributed by atoms with Crippen molar-refractivity contribution in [1.82, 2.24) is 0 Å². The molecule has 0 aliphatic rings. The summed E-state index contributed by atoms with van der Waals surface area (Å²) in [6.45, 7) is 4.87. The highest BCUT2D eigenvalue weighted by Gasteiger charge is 2.16. The third-order valence-corrected chi connectivity index (χ3v) is 2.32. The van der Waals surface area contributed by atoms with Crippen LogP contribution < -0.4 is 0 Å². The molecule has 0 spiro atoms. The van der Waals surface area contributed by atoms with E-state index in [2.05, 4.69) is 0 Å². The van der Waals surface area contributed by atoms with Crippen molar-refractivity contribution in [2.24, 2.45) is 0 Å². The zero-order valence-electron chi connectivity index (χ0n) is 9.44. The van der Waals surface area contributed by atoms with Gasteiger partial charge in [-0.15, -0.1) is 0 Å². The van der Waals surface area contributed by atoms with E-state index in [9.17, 15) is 14.9 Å². The number of nitro benzene ring substituents is 1. The summed E-state index contributed by atoms with van der Waals surface area (Å²) in [6.07, 6.45) is 0. The van der Waals surface area contributed by atoms with Crippen LogP contribution in [0.25, 0.3) is 0 Å². The molecule has 86 valence electrons. The molecule has 0 aromatic heterocycles. The van der Waals surface area contributed by atoms with E-state index in [1.165, 1.54) is 13.0 Å². The van der Waals surface area contributed by atoms with E-state index >= 15 is 0 Å². The van der Waals surface area contributed by atoms with Crippen LogP contribution in [0.4, 0.5) is 5.69 Å². The lowest BCUT2D eigenvalue weighted by molar-refractivity contribution is -0.385. The van der Waals surface area contributed by atoms with Gasteiger partial charge in [-0.2, -0.15) is 0 Å². The molecule has 5 heteroatoms. The Morgan fingerprint density at radius 2 is 1.94 bits per heavy atom. The molecule has 0 aliphatic heterocycles. The molecule has 0 unspecified atom stereocenters. The van der Waals surface area contributed by atoms with Crippen LogP contribution in [0.2, 0.25) is 0 Å². The Hall–Kier alpha value is -1.91. The van der Waals surface area contributed by atoms with Gasteiger partial charge in [0, 0.05) is 13.0 Å². The number of carbonyl (C=O) groups excluding carboxylic acids is 1. The Bertz CT molecular complexity index is 440. The molecule has 1 aromatic rings. The quantitative estimate of drug-likeness (QED) is 0.447. The number of hydrogen-bond acceptors (Lipinski definition) is 4. The predicted octanol–water partition coefficient (Wildman–Crippen LogP) is 2.27. The molecule has 0 heterocycles. The van der Waals surface area contributed by atoms with Crippen LogP contribution in [0.15, 0.2) is 12.1 Å². The minimum atomic E-state index is -0.467. The molecule has 0 aliphatic carbocycles. The zero-order chi connectivity index (χ0) is 12.3. The molecule has 1 aromatic carbocycles. The van der Waals surface area contributed by atoms with Gasteiger partial charge in [-0.05, 0) is 31.0 Å². The first-order chi connectivity index (χ1) is 7.41. The first-order valence-electron chi connectivity index (χ1n) is 4.79. The summed E-state index contributed by atoms with van der Waals surface area (Å²) in [4.78, 5) is 21.0. The maximum atomic E-state index is 10.8. The normalized spacial score (nSPS) is 9.94. The zero-order valence-corrected chi connectivity index (χ0v) is 9.44. The molecule has 0 bridgehead atoms. The topological polar surface area (TPSA) is 69.4 Å². The molecule has 0 saturated carbocycles. The van der Waals surface area contributed by atoms with Crippen molar-refractivity contribution in [3.05, 3.63) is 38.9 Å². The van der Waals surface area contributed by atoms with Gasteiger partial charge in [-0.3, -0.25) is 14.9 Å². The molecule has 1 rings (SSSR count). The van der Waals surface area contributed by atoms with Gasteiger partial charge in [0.15, 0.2) is 0 Å². The Labute approximate surface area is 93.2 Å². The van der Waals surface area contributed by atoms with E-state index in [4.69, 9.17) is 4.74 Å². The molecular formula is C11H13NO4. The molecule has 0 amide bonds. The van der Waals surface area contributed by atoms with Gasteiger partial charge >= 0.3 is 5.97 Å². The van der Waals surface area contributed by atoms with Gasteiger partial charge in [0.2, 0.25) is 0 Å². The molecule has 0 atom stereocenters. The number of nitrogens with zero attached hydrogens (tertiary/aromatic N) is 1. The van der Waals surface area contributed by atoms with Crippen LogP contribution in [0.5, 0.6) is 0 Å². The Morgan fingerprint density at radius 3 is 2.44 bits per heavy atom. The highest BCUT2D eigenvalue weighted by atomic mass is 16.6. The summed E-state index contributed by atoms with van der Waals surface area (Å²) in [5.74, 6) is -0.451. The summed E-state index contributed by atoms with van der Waals surface area (Å²) in [5.41, 5.74) is 2.19. The molecule has 0 N–H and O–H groups in total. The fourth-order valence-corrected chi connectivity index (χ4v) is 1.33. The highest BCUT2D eigenvalue weighted by molar-refractivity contribution is 5.66. The summed E-state index contributed by atoms with van der Waals surface area (Å²) < 4.78 is 4.77. The first kappa shape index (κ1) is 12.2. The maximum Gasteiger partial charge on any atom is 0.302 e. The second-order valence-electron chi connectivity index (χ2n) is 3.60. The lowest BCUT2D eigenvalue weighted by atomic mass is 10.0. The van der Waals surface area contributed by atoms with Crippen molar-refractivity contribution in [3.63, 3.8) is 0 Å². The van der Waals surface area contributed by atoms with Gasteiger partial charge in [0.1, 0.15) is 6.61 Å². The lowest BCUT2D eigenvalue weighted by Gasteiger charge is -2.06. The third kappa shape index (κ3) is 2.79. The number of rotatable bonds is 3. The Balaban J connectivity index is 3.09. The van der Waals surface area contributed by atoms with Crippen molar-refractivity contribution in [2.45, 2.75) is 27.4 Å². The summed E-state index contributed by atoms with van der Waals surface area (Å²) in [7, 11) is 0. The molecule has 5 nitrogen and oxygen atoms in total. The van der Waals surface area contributed by atoms with Gasteiger partial charge < -0.3 is 4.74 Å². The van der Waals surface area contributed by atoms with Crippen molar-refractivity contribution in [3.8, 4) is 0 Å². The maximum absolute atomic E-state index is 10.8. The SMILES string of the molecule is CC(=O)OCc1cc(C)c(C)cc1[N+](=O)[O-]. The Morgan fingerprint density at radius 1 is 1.38 bits per heavy atom. The van der Waals surface area contributed by atoms with E-state index in [1.807, 2.05) is 6.92 Å². The Kier molecular flexibility index (Phi) is 3.60. The number of nitro groups is 1. The molecule has 0 fully saturated rings. The minimum absolute atomic E-state index is 0.00986. The molecule has 0 saturated heterocycles. The number of benzene rings is 1. The van der Waals surface area contributed by atoms with Crippen molar-refractivity contribution in [1.29, 1.82) is 0 Å². The van der Waals surface area contributed by atoms with Crippen LogP contribution in [0.1, 0.15) is 23.6 Å². The standard InChI is InChI=1S/C11H13NO4/c1-7-4-10(6-16-9(3)13)11(12(14)15)5-8(7)2/h4-5H,6H2,1-3H3. The first-order valence-corrected chi connectivity index (χ1v) is 4.79. The summed E-state index contributed by atoms with van der Waals surface area (Å²) in [5, 5.41) is 10.8. The monoisotopic (exact) mass is 223 g/mol. The van der Waals surface area contributed by atoms with Gasteiger partial charge in [-0.1, -0.05) is 0 Å². The number of hydrogen-bond donors (Lipinski definition) is 0. The van der Waals surface area contributed by atoms with Crippen LogP contribution in [0, 0.1) is 24.0 Å². The lowest BCUT2D eigenvalue weighted by Crippen LogP contribution is -2.03. The van der Waals surface area contributed by atoms with Crippen molar-refractivity contribution < 1.29 is 14.5 Å². The van der Waals surface area contributed by atoms with Gasteiger partial charge in [-0.25, -0.2) is 0 Å². The fourth-order valence-electron chi connectivity index (χ4n) is 1.33. The number of aryl methyl sites for hydroxylation is 2. The second-order valence-corrected chi connectivity index (χ2v) is 3.60. The number of esters is 1. The van der Waals surface area contributed by atoms with E-state index in [1.54, 1.807) is 13.0 Å². The van der Waals surface area contributed by atoms with Crippen LogP contribution >= 0.6 is 0 Å². The van der Waals surface area contributed by atoms with Crippen LogP contribution in [0.3, 0.4) is 0 Å². The van der Waals surface area contributed by atoms with Gasteiger partial charge in [0.25, 0.3) is 5.69 Å². The van der Waals surface area contributed by atoms with E-state index in [-0.39, 0.29) is 12.3 Å². The number of carbonyl (C=O) groups is 1. The van der Waals surface area contributed by atoms with Crippen molar-refractivity contribution >= 4 is 11.7 Å². The second kappa shape index (κ2) is 4.74. The summed E-state index contributed by atoms with van der Waals surface area (Å²) >= 11 is 0. The average Bonchev–Trinajstić information content (AvgIpc) is 2.18. The smallest absolute Gasteiger partial charge is 0.302 e. The van der Waals surface area contributed by atoms with E-state index < -0.39 is 10.9 Å². The van der Waals surface area contributed by atoms with E-state index in [0.29, 0.717) is 5.56 Å². The summed E-state index contributed by atoms with van der Waals surface area (Å²) in [6, 6.07) is 3.17. The highest BCUT2D eigenvalue weighted by Crippen LogP contribution is 2.23. The van der Waals surface area contributed by atoms with Crippen LogP contribution in [-0.4, -0.2) is 10.9 Å². The van der Waals surface area contributed by atoms with Gasteiger partial charge in [0.05, 0.1) is 10.5 Å². The van der Waals surface area contributed by atoms with E-state index in [0.717, 1.165) is 11.1 Å².